The normalized spacial score (nSPS) is 10.4. The molecule has 0 saturated heterocycles. The number of rotatable bonds is 7. The molecule has 0 bridgehead atoms. The third kappa shape index (κ3) is 5.12. The molecule has 0 saturated carbocycles. The van der Waals surface area contributed by atoms with Gasteiger partial charge in [-0.15, -0.1) is 11.8 Å². The van der Waals surface area contributed by atoms with Crippen LogP contribution >= 0.6 is 23.5 Å². The number of Topliss-reactive ketones (excluding diaryl/α,β-unsaturated/α-hetero) is 1. The van der Waals surface area contributed by atoms with Crippen LogP contribution in [0.1, 0.15) is 17.8 Å². The summed E-state index contributed by atoms with van der Waals surface area (Å²) in [6, 6.07) is 6.78. The van der Waals surface area contributed by atoms with Gasteiger partial charge in [0.25, 0.3) is 0 Å². The second-order valence-electron chi connectivity index (χ2n) is 4.67. The van der Waals surface area contributed by atoms with Gasteiger partial charge in [0.1, 0.15) is 0 Å². The molecule has 22 heavy (non-hydrogen) atoms. The molecule has 0 aliphatic heterocycles. The van der Waals surface area contributed by atoms with Gasteiger partial charge >= 0.3 is 0 Å². The number of anilines is 2. The number of ketones is 1. The summed E-state index contributed by atoms with van der Waals surface area (Å²) in [4.78, 5) is 23.5. The zero-order valence-corrected chi connectivity index (χ0v) is 13.7. The number of benzene rings is 1. The van der Waals surface area contributed by atoms with Crippen molar-refractivity contribution >= 4 is 46.6 Å². The Labute approximate surface area is 136 Å². The quantitative estimate of drug-likeness (QED) is 0.594. The molecule has 3 N–H and O–H groups in total. The molecule has 116 valence electrons. The fourth-order valence-electron chi connectivity index (χ4n) is 1.64. The van der Waals surface area contributed by atoms with Gasteiger partial charge in [-0.05, 0) is 31.2 Å². The highest BCUT2D eigenvalue weighted by molar-refractivity contribution is 7.99. The van der Waals surface area contributed by atoms with E-state index in [-0.39, 0.29) is 23.9 Å². The van der Waals surface area contributed by atoms with Gasteiger partial charge in [0, 0.05) is 17.1 Å². The fraction of sp³-hybridized carbons (Fsp3) is 0.286. The van der Waals surface area contributed by atoms with Gasteiger partial charge in [-0.3, -0.25) is 9.59 Å². The highest BCUT2D eigenvalue weighted by Gasteiger charge is 2.11. The maximum atomic E-state index is 11.8. The van der Waals surface area contributed by atoms with E-state index >= 15 is 0 Å². The molecule has 6 nitrogen and oxygen atoms in total. The average Bonchev–Trinajstić information content (AvgIpc) is 2.87. The van der Waals surface area contributed by atoms with Gasteiger partial charge in [0.2, 0.25) is 5.91 Å². The van der Waals surface area contributed by atoms with Crippen molar-refractivity contribution in [2.24, 2.45) is 0 Å². The van der Waals surface area contributed by atoms with Crippen LogP contribution in [0, 0.1) is 6.92 Å². The summed E-state index contributed by atoms with van der Waals surface area (Å²) < 4.78 is 8.22. The Hall–Kier alpha value is -1.93. The van der Waals surface area contributed by atoms with Crippen LogP contribution in [0.25, 0.3) is 0 Å². The van der Waals surface area contributed by atoms with E-state index in [0.717, 1.165) is 11.4 Å². The van der Waals surface area contributed by atoms with Gasteiger partial charge in [0.15, 0.2) is 5.78 Å². The van der Waals surface area contributed by atoms with Crippen LogP contribution < -0.4 is 11.1 Å². The van der Waals surface area contributed by atoms with Crippen LogP contribution in [0.3, 0.4) is 0 Å². The monoisotopic (exact) mass is 336 g/mol. The number of hydrogen-bond donors (Lipinski definition) is 2. The predicted molar refractivity (Wildman–Crippen MR) is 89.9 cm³/mol. The zero-order chi connectivity index (χ0) is 15.9. The third-order valence-electron chi connectivity index (χ3n) is 2.80. The van der Waals surface area contributed by atoms with E-state index in [2.05, 4.69) is 14.1 Å². The molecule has 0 radical (unpaired) electrons. The van der Waals surface area contributed by atoms with Crippen molar-refractivity contribution in [2.45, 2.75) is 19.1 Å². The van der Waals surface area contributed by atoms with Crippen LogP contribution in [0.5, 0.6) is 0 Å². The van der Waals surface area contributed by atoms with Gasteiger partial charge < -0.3 is 11.1 Å². The molecule has 1 aromatic heterocycles. The molecule has 0 atom stereocenters. The van der Waals surface area contributed by atoms with Crippen molar-refractivity contribution < 1.29 is 9.59 Å². The molecule has 2 aromatic rings. The first kappa shape index (κ1) is 16.4. The number of carbonyl (C=O) groups excluding carboxylic acids is 2. The van der Waals surface area contributed by atoms with Crippen molar-refractivity contribution in [3.63, 3.8) is 0 Å². The Bertz CT molecular complexity index is 655. The van der Waals surface area contributed by atoms with Gasteiger partial charge in [-0.1, -0.05) is 0 Å². The number of thioether (sulfide) groups is 1. The molecule has 0 aliphatic carbocycles. The number of nitrogens with zero attached hydrogens (tertiary/aromatic N) is 2. The van der Waals surface area contributed by atoms with Crippen molar-refractivity contribution in [3.8, 4) is 0 Å². The van der Waals surface area contributed by atoms with Crippen molar-refractivity contribution in [2.75, 3.05) is 16.8 Å². The van der Waals surface area contributed by atoms with Crippen LogP contribution in [-0.4, -0.2) is 26.2 Å². The van der Waals surface area contributed by atoms with E-state index in [9.17, 15) is 9.59 Å². The molecule has 0 spiro atoms. The minimum absolute atomic E-state index is 0.112. The van der Waals surface area contributed by atoms with E-state index in [1.807, 2.05) is 6.92 Å². The Morgan fingerprint density at radius 1 is 1.27 bits per heavy atom. The first-order valence-electron chi connectivity index (χ1n) is 6.57. The lowest BCUT2D eigenvalue weighted by Crippen LogP contribution is -2.17. The van der Waals surface area contributed by atoms with Gasteiger partial charge in [0.05, 0.1) is 35.3 Å². The zero-order valence-electron chi connectivity index (χ0n) is 12.0. The first-order valence-corrected chi connectivity index (χ1v) is 8.46. The molecule has 0 fully saturated rings. The number of nitrogen functional groups attached to an aromatic ring is 1. The van der Waals surface area contributed by atoms with E-state index in [1.54, 1.807) is 24.3 Å². The molecule has 8 heteroatoms. The predicted octanol–water partition coefficient (Wildman–Crippen LogP) is 2.26. The highest BCUT2D eigenvalue weighted by atomic mass is 32.2. The highest BCUT2D eigenvalue weighted by Crippen LogP contribution is 2.15. The minimum atomic E-state index is -0.318. The molecule has 1 amide bonds. The number of nitrogens with one attached hydrogen (secondary N) is 1. The largest absolute Gasteiger partial charge is 0.399 e. The Balaban J connectivity index is 1.71. The topological polar surface area (TPSA) is 98.0 Å². The lowest BCUT2D eigenvalue weighted by molar-refractivity contribution is -0.123. The summed E-state index contributed by atoms with van der Waals surface area (Å²) in [5.41, 5.74) is 8.61. The number of hydrogen-bond acceptors (Lipinski definition) is 7. The SMILES string of the molecule is Cc1nsnc1CSCC(=O)CC(=O)Nc1ccc(N)cc1. The van der Waals surface area contributed by atoms with Crippen LogP contribution in [0.4, 0.5) is 11.4 Å². The maximum absolute atomic E-state index is 11.8. The van der Waals surface area contributed by atoms with Crippen LogP contribution in [0.2, 0.25) is 0 Å². The molecule has 0 unspecified atom stereocenters. The molecular formula is C14H16N4O2S2. The summed E-state index contributed by atoms with van der Waals surface area (Å²) >= 11 is 2.61. The number of aromatic nitrogens is 2. The van der Waals surface area contributed by atoms with Crippen LogP contribution in [0.15, 0.2) is 24.3 Å². The van der Waals surface area contributed by atoms with Crippen molar-refractivity contribution in [1.29, 1.82) is 0 Å². The average molecular weight is 336 g/mol. The van der Waals surface area contributed by atoms with E-state index in [0.29, 0.717) is 17.1 Å². The Morgan fingerprint density at radius 3 is 2.64 bits per heavy atom. The smallest absolute Gasteiger partial charge is 0.231 e. The van der Waals surface area contributed by atoms with Gasteiger partial charge in [-0.2, -0.15) is 8.75 Å². The minimum Gasteiger partial charge on any atom is -0.399 e. The molecule has 2 rings (SSSR count). The molecule has 1 aromatic carbocycles. The summed E-state index contributed by atoms with van der Waals surface area (Å²) in [7, 11) is 0. The summed E-state index contributed by atoms with van der Waals surface area (Å²) in [6.07, 6.45) is -0.133. The molecule has 0 aliphatic rings. The first-order chi connectivity index (χ1) is 10.5. The summed E-state index contributed by atoms with van der Waals surface area (Å²) in [6.45, 7) is 1.89. The lowest BCUT2D eigenvalue weighted by atomic mass is 10.2. The number of nitrogens with two attached hydrogens (primary N) is 1. The standard InChI is InChI=1S/C14H16N4O2S2/c1-9-13(18-22-17-9)8-21-7-12(19)6-14(20)16-11-4-2-10(15)3-5-11/h2-5H,6-8,15H2,1H3,(H,16,20). The Kier molecular flexibility index (Phi) is 5.91. The van der Waals surface area contributed by atoms with E-state index in [1.165, 1.54) is 23.5 Å². The third-order valence-corrected chi connectivity index (χ3v) is 4.46. The molecular weight excluding hydrogens is 320 g/mol. The number of aryl methyl sites for hydroxylation is 1. The maximum Gasteiger partial charge on any atom is 0.231 e. The second kappa shape index (κ2) is 7.90. The second-order valence-corrected chi connectivity index (χ2v) is 6.19. The fourth-order valence-corrected chi connectivity index (χ4v) is 3.19. The molecule has 1 heterocycles. The van der Waals surface area contributed by atoms with Crippen LogP contribution in [-0.2, 0) is 15.3 Å². The van der Waals surface area contributed by atoms with E-state index in [4.69, 9.17) is 5.73 Å². The van der Waals surface area contributed by atoms with E-state index < -0.39 is 0 Å². The van der Waals surface area contributed by atoms with Crippen molar-refractivity contribution in [1.82, 2.24) is 8.75 Å². The van der Waals surface area contributed by atoms with Crippen molar-refractivity contribution in [3.05, 3.63) is 35.7 Å². The lowest BCUT2D eigenvalue weighted by Gasteiger charge is -2.05. The summed E-state index contributed by atoms with van der Waals surface area (Å²) in [5.74, 6) is 0.487. The van der Waals surface area contributed by atoms with Gasteiger partial charge in [-0.25, -0.2) is 0 Å². The number of amides is 1. The number of carbonyl (C=O) groups is 2. The Morgan fingerprint density at radius 2 is 2.00 bits per heavy atom. The summed E-state index contributed by atoms with van der Waals surface area (Å²) in [5, 5.41) is 2.67.